The fraction of sp³-hybridized carbons (Fsp3) is 0. The molecular formula is C41H24N6. The highest BCUT2D eigenvalue weighted by atomic mass is 15.0. The van der Waals surface area contributed by atoms with Gasteiger partial charge in [0.05, 0.1) is 34.3 Å². The Labute approximate surface area is 271 Å². The van der Waals surface area contributed by atoms with E-state index in [1.165, 1.54) is 0 Å². The maximum absolute atomic E-state index is 9.72. The fourth-order valence-corrected chi connectivity index (χ4v) is 6.11. The first-order valence-corrected chi connectivity index (χ1v) is 15.2. The second kappa shape index (κ2) is 11.6. The van der Waals surface area contributed by atoms with E-state index in [9.17, 15) is 10.5 Å². The molecule has 218 valence electrons. The van der Waals surface area contributed by atoms with Crippen LogP contribution in [0, 0.1) is 22.7 Å². The first-order valence-electron chi connectivity index (χ1n) is 15.2. The molecule has 0 saturated carbocycles. The maximum atomic E-state index is 9.72. The Bertz CT molecular complexity index is 2480. The van der Waals surface area contributed by atoms with Gasteiger partial charge in [-0.2, -0.15) is 10.5 Å². The van der Waals surface area contributed by atoms with Gasteiger partial charge in [-0.3, -0.25) is 0 Å². The van der Waals surface area contributed by atoms with E-state index < -0.39 is 0 Å². The minimum Gasteiger partial charge on any atom is -0.309 e. The number of nitriles is 2. The van der Waals surface area contributed by atoms with E-state index in [1.807, 2.05) is 109 Å². The first-order chi connectivity index (χ1) is 23.2. The third kappa shape index (κ3) is 4.97. The molecule has 2 heterocycles. The Morgan fingerprint density at radius 1 is 0.426 bits per heavy atom. The summed E-state index contributed by atoms with van der Waals surface area (Å²) >= 11 is 0. The van der Waals surface area contributed by atoms with Crippen molar-refractivity contribution in [3.05, 3.63) is 157 Å². The standard InChI is InChI=1S/C41H24N6/c42-25-27-10-9-15-31(22-27)33-20-19-32(47-37-17-8-7-16-34(37)35-23-28(26-43)18-21-38(35)47)24-36(33)41-45-39(29-11-3-1-4-12-29)44-40(46-41)30-13-5-2-6-14-30/h1-24H. The minimum atomic E-state index is 0.518. The predicted molar refractivity (Wildman–Crippen MR) is 185 cm³/mol. The molecule has 0 spiro atoms. The number of rotatable bonds is 5. The van der Waals surface area contributed by atoms with Crippen molar-refractivity contribution in [3.63, 3.8) is 0 Å². The second-order valence-corrected chi connectivity index (χ2v) is 11.2. The summed E-state index contributed by atoms with van der Waals surface area (Å²) in [5, 5.41) is 21.4. The summed E-state index contributed by atoms with van der Waals surface area (Å²) in [6, 6.07) is 52.2. The van der Waals surface area contributed by atoms with Gasteiger partial charge in [0.15, 0.2) is 17.5 Å². The van der Waals surface area contributed by atoms with Gasteiger partial charge >= 0.3 is 0 Å². The fourth-order valence-electron chi connectivity index (χ4n) is 6.11. The third-order valence-electron chi connectivity index (χ3n) is 8.31. The zero-order chi connectivity index (χ0) is 31.7. The molecule has 6 heteroatoms. The maximum Gasteiger partial charge on any atom is 0.164 e. The highest BCUT2D eigenvalue weighted by molar-refractivity contribution is 6.09. The zero-order valence-electron chi connectivity index (χ0n) is 25.0. The van der Waals surface area contributed by atoms with Crippen LogP contribution in [0.1, 0.15) is 11.1 Å². The summed E-state index contributed by atoms with van der Waals surface area (Å²) < 4.78 is 2.21. The smallest absolute Gasteiger partial charge is 0.164 e. The first kappa shape index (κ1) is 27.6. The Hall–Kier alpha value is -6.89. The normalized spacial score (nSPS) is 10.9. The van der Waals surface area contributed by atoms with E-state index >= 15 is 0 Å². The van der Waals surface area contributed by atoms with Crippen LogP contribution in [0.15, 0.2) is 146 Å². The Morgan fingerprint density at radius 3 is 1.72 bits per heavy atom. The van der Waals surface area contributed by atoms with Gasteiger partial charge < -0.3 is 4.57 Å². The molecule has 0 N–H and O–H groups in total. The predicted octanol–water partition coefficient (Wildman–Crippen LogP) is 9.38. The van der Waals surface area contributed by atoms with Crippen molar-refractivity contribution in [1.82, 2.24) is 19.5 Å². The van der Waals surface area contributed by atoms with Crippen LogP contribution in [0.25, 0.3) is 72.8 Å². The van der Waals surface area contributed by atoms with Gasteiger partial charge in [0.2, 0.25) is 0 Å². The Balaban J connectivity index is 1.43. The average Bonchev–Trinajstić information content (AvgIpc) is 3.48. The number of nitrogens with zero attached hydrogens (tertiary/aromatic N) is 6. The van der Waals surface area contributed by atoms with E-state index in [1.54, 1.807) is 6.07 Å². The topological polar surface area (TPSA) is 91.2 Å². The quantitative estimate of drug-likeness (QED) is 0.196. The Kier molecular flexibility index (Phi) is 6.80. The van der Waals surface area contributed by atoms with Crippen LogP contribution in [0.2, 0.25) is 0 Å². The van der Waals surface area contributed by atoms with Crippen molar-refractivity contribution < 1.29 is 0 Å². The van der Waals surface area contributed by atoms with Crippen molar-refractivity contribution >= 4 is 21.8 Å². The van der Waals surface area contributed by atoms with Crippen molar-refractivity contribution in [1.29, 1.82) is 10.5 Å². The summed E-state index contributed by atoms with van der Waals surface area (Å²) in [6.45, 7) is 0. The van der Waals surface area contributed by atoms with Gasteiger partial charge in [-0.15, -0.1) is 0 Å². The minimum absolute atomic E-state index is 0.518. The molecule has 6 aromatic carbocycles. The number of para-hydroxylation sites is 1. The van der Waals surface area contributed by atoms with Gasteiger partial charge in [-0.1, -0.05) is 97.1 Å². The van der Waals surface area contributed by atoms with Crippen molar-refractivity contribution in [2.24, 2.45) is 0 Å². The zero-order valence-corrected chi connectivity index (χ0v) is 25.0. The van der Waals surface area contributed by atoms with E-state index in [4.69, 9.17) is 15.0 Å². The summed E-state index contributed by atoms with van der Waals surface area (Å²) in [4.78, 5) is 15.0. The lowest BCUT2D eigenvalue weighted by Crippen LogP contribution is -2.02. The van der Waals surface area contributed by atoms with Gasteiger partial charge in [0.25, 0.3) is 0 Å². The van der Waals surface area contributed by atoms with Crippen LogP contribution in [0.4, 0.5) is 0 Å². The van der Waals surface area contributed by atoms with Crippen LogP contribution >= 0.6 is 0 Å². The van der Waals surface area contributed by atoms with Crippen LogP contribution in [0.3, 0.4) is 0 Å². The molecule has 0 bridgehead atoms. The highest BCUT2D eigenvalue weighted by Gasteiger charge is 2.19. The summed E-state index contributed by atoms with van der Waals surface area (Å²) in [7, 11) is 0. The summed E-state index contributed by atoms with van der Waals surface area (Å²) in [5.74, 6) is 1.65. The van der Waals surface area contributed by atoms with Gasteiger partial charge in [0, 0.05) is 33.2 Å². The van der Waals surface area contributed by atoms with E-state index in [2.05, 4.69) is 47.0 Å². The average molecular weight is 601 g/mol. The van der Waals surface area contributed by atoms with Crippen LogP contribution < -0.4 is 0 Å². The molecule has 0 saturated heterocycles. The van der Waals surface area contributed by atoms with Crippen molar-refractivity contribution in [2.45, 2.75) is 0 Å². The van der Waals surface area contributed by atoms with Crippen LogP contribution in [0.5, 0.6) is 0 Å². The molecule has 0 amide bonds. The van der Waals surface area contributed by atoms with E-state index in [0.29, 0.717) is 28.6 Å². The van der Waals surface area contributed by atoms with Crippen molar-refractivity contribution in [2.75, 3.05) is 0 Å². The molecule has 0 fully saturated rings. The molecule has 2 aromatic heterocycles. The lowest BCUT2D eigenvalue weighted by atomic mass is 9.96. The van der Waals surface area contributed by atoms with Crippen LogP contribution in [-0.4, -0.2) is 19.5 Å². The molecule has 0 aliphatic rings. The largest absolute Gasteiger partial charge is 0.309 e. The van der Waals surface area contributed by atoms with E-state index in [0.717, 1.165) is 55.3 Å². The molecule has 0 aliphatic heterocycles. The third-order valence-corrected chi connectivity index (χ3v) is 8.31. The molecule has 0 atom stereocenters. The molecular weight excluding hydrogens is 576 g/mol. The number of fused-ring (bicyclic) bond motifs is 3. The second-order valence-electron chi connectivity index (χ2n) is 11.2. The van der Waals surface area contributed by atoms with Gasteiger partial charge in [-0.25, -0.2) is 15.0 Å². The molecule has 0 unspecified atom stereocenters. The van der Waals surface area contributed by atoms with Crippen molar-refractivity contribution in [3.8, 4) is 63.1 Å². The SMILES string of the molecule is N#Cc1cccc(-c2ccc(-n3c4ccccc4c4cc(C#N)ccc43)cc2-c2nc(-c3ccccc3)nc(-c3ccccc3)n2)c1. The summed E-state index contributed by atoms with van der Waals surface area (Å²) in [6.07, 6.45) is 0. The van der Waals surface area contributed by atoms with Gasteiger partial charge in [-0.05, 0) is 59.7 Å². The Morgan fingerprint density at radius 2 is 1.02 bits per heavy atom. The number of benzene rings is 6. The molecule has 8 rings (SSSR count). The van der Waals surface area contributed by atoms with Crippen LogP contribution in [-0.2, 0) is 0 Å². The molecule has 6 nitrogen and oxygen atoms in total. The lowest BCUT2D eigenvalue weighted by molar-refractivity contribution is 1.07. The highest BCUT2D eigenvalue weighted by Crippen LogP contribution is 2.38. The molecule has 8 aromatic rings. The van der Waals surface area contributed by atoms with E-state index in [-0.39, 0.29) is 0 Å². The monoisotopic (exact) mass is 600 g/mol. The lowest BCUT2D eigenvalue weighted by Gasteiger charge is -2.15. The molecule has 0 radical (unpaired) electrons. The molecule has 0 aliphatic carbocycles. The van der Waals surface area contributed by atoms with Gasteiger partial charge in [0.1, 0.15) is 0 Å². The number of hydrogen-bond donors (Lipinski definition) is 0. The number of hydrogen-bond acceptors (Lipinski definition) is 5. The summed E-state index contributed by atoms with van der Waals surface area (Å²) in [5.41, 5.74) is 8.44. The molecule has 47 heavy (non-hydrogen) atoms. The number of aromatic nitrogens is 4.